The van der Waals surface area contributed by atoms with Gasteiger partial charge in [-0.3, -0.25) is 0 Å². The molecule has 0 spiro atoms. The fourth-order valence-electron chi connectivity index (χ4n) is 13.2. The highest BCUT2D eigenvalue weighted by Crippen LogP contribution is 2.48. The van der Waals surface area contributed by atoms with Crippen LogP contribution < -0.4 is 30.2 Å². The molecule has 6 aromatic carbocycles. The van der Waals surface area contributed by atoms with E-state index >= 15 is 0 Å². The van der Waals surface area contributed by atoms with Crippen LogP contribution in [-0.2, 0) is 53.7 Å². The third kappa shape index (κ3) is 17.7. The highest BCUT2D eigenvalue weighted by Gasteiger charge is 2.31. The normalized spacial score (nSPS) is 15.3. The van der Waals surface area contributed by atoms with E-state index in [-0.39, 0.29) is 68.9 Å². The summed E-state index contributed by atoms with van der Waals surface area (Å²) >= 11 is 0. The van der Waals surface area contributed by atoms with Crippen LogP contribution in [0, 0.1) is 13.8 Å². The standard InChI is InChI=1S/C72H80N6O9/c1-48(60-28-29-67(63(36-60)57-22-7-4-8-23-57)85-70(82)76-42-54-19-13-16-51(33-54)39-73-45-79)30-66(61-37-64(58-24-9-5-10-25-58)68(31-49(61)2)86-71(83)77-43-55-20-14-17-52(34-55)40-74-46-80)62-38-65(59-26-11-6-12-27-59)69(32-50(62)3)87-72(84)78-44-56-21-15-18-53(35-56)41-75-47-81/h13-21,28-29,31-38,48,57-59,66H,4-12,22-27,30,39-44H2,1-3H3,(H,76,82)(H,77,83)(H,78,84). The molecule has 1 unspecified atom stereocenters. The van der Waals surface area contributed by atoms with Crippen LogP contribution in [0.15, 0.2) is 130 Å². The highest BCUT2D eigenvalue weighted by atomic mass is 16.6. The number of hydrogen-bond donors (Lipinski definition) is 3. The van der Waals surface area contributed by atoms with E-state index in [1.165, 1.54) is 6.42 Å². The molecule has 3 aliphatic rings. The van der Waals surface area contributed by atoms with Crippen molar-refractivity contribution in [1.82, 2.24) is 16.0 Å². The Hall–Kier alpha value is -8.73. The summed E-state index contributed by atoms with van der Waals surface area (Å²) in [5, 5.41) is 8.88. The van der Waals surface area contributed by atoms with E-state index in [1.54, 1.807) is 18.2 Å². The van der Waals surface area contributed by atoms with Gasteiger partial charge in [0, 0.05) is 25.6 Å². The van der Waals surface area contributed by atoms with Crippen molar-refractivity contribution in [3.63, 3.8) is 0 Å². The Labute approximate surface area is 510 Å². The molecule has 3 aliphatic carbocycles. The van der Waals surface area contributed by atoms with Gasteiger partial charge in [-0.1, -0.05) is 162 Å². The number of rotatable bonds is 23. The topological polar surface area (TPSA) is 203 Å². The van der Waals surface area contributed by atoms with Crippen LogP contribution >= 0.6 is 0 Å². The van der Waals surface area contributed by atoms with Crippen LogP contribution in [0.25, 0.3) is 0 Å². The Balaban J connectivity index is 1.07. The number of carbonyl (C=O) groups excluding carboxylic acids is 6. The average Bonchev–Trinajstić information content (AvgIpc) is 1.33. The van der Waals surface area contributed by atoms with Gasteiger partial charge < -0.3 is 30.2 Å². The van der Waals surface area contributed by atoms with Gasteiger partial charge >= 0.3 is 18.3 Å². The minimum atomic E-state index is -0.558. The maximum atomic E-state index is 13.9. The van der Waals surface area contributed by atoms with Gasteiger partial charge in [0.15, 0.2) is 0 Å². The number of amides is 3. The maximum absolute atomic E-state index is 13.9. The van der Waals surface area contributed by atoms with Crippen molar-refractivity contribution >= 4 is 36.5 Å². The molecule has 0 aliphatic heterocycles. The third-order valence-corrected chi connectivity index (χ3v) is 17.7. The number of nitrogens with one attached hydrogen (secondary N) is 3. The lowest BCUT2D eigenvalue weighted by Crippen LogP contribution is -2.27. The van der Waals surface area contributed by atoms with Crippen LogP contribution in [0.3, 0.4) is 0 Å². The van der Waals surface area contributed by atoms with E-state index in [2.05, 4.69) is 88.1 Å². The van der Waals surface area contributed by atoms with Crippen molar-refractivity contribution < 1.29 is 43.0 Å². The maximum Gasteiger partial charge on any atom is 0.412 e. The minimum Gasteiger partial charge on any atom is -0.410 e. The summed E-state index contributed by atoms with van der Waals surface area (Å²) in [6, 6.07) is 37.8. The van der Waals surface area contributed by atoms with Gasteiger partial charge in [0.05, 0.1) is 19.6 Å². The van der Waals surface area contributed by atoms with E-state index in [9.17, 15) is 28.8 Å². The van der Waals surface area contributed by atoms with Crippen molar-refractivity contribution in [2.24, 2.45) is 15.0 Å². The number of hydrogen-bond acceptors (Lipinski definition) is 12. The smallest absolute Gasteiger partial charge is 0.410 e. The quantitative estimate of drug-likeness (QED) is 0.0412. The molecule has 15 nitrogen and oxygen atoms in total. The number of benzene rings is 6. The average molecular weight is 1170 g/mol. The van der Waals surface area contributed by atoms with E-state index in [1.807, 2.05) is 78.9 Å². The Morgan fingerprint density at radius 3 is 1.16 bits per heavy atom. The lowest BCUT2D eigenvalue weighted by Gasteiger charge is -2.31. The van der Waals surface area contributed by atoms with Crippen LogP contribution in [-0.4, -0.2) is 36.5 Å². The number of aryl methyl sites for hydroxylation is 2. The molecule has 9 rings (SSSR count). The fourth-order valence-corrected chi connectivity index (χ4v) is 13.2. The first kappa shape index (κ1) is 62.8. The number of ether oxygens (including phenoxy) is 3. The minimum absolute atomic E-state index is 0.00185. The van der Waals surface area contributed by atoms with Gasteiger partial charge in [-0.15, -0.1) is 0 Å². The second-order valence-electron chi connectivity index (χ2n) is 23.9. The molecule has 6 aromatic rings. The number of nitrogens with zero attached hydrogens (tertiary/aromatic N) is 3. The molecule has 452 valence electrons. The Morgan fingerprint density at radius 1 is 0.448 bits per heavy atom. The van der Waals surface area contributed by atoms with E-state index in [0.29, 0.717) is 23.7 Å². The monoisotopic (exact) mass is 1170 g/mol. The van der Waals surface area contributed by atoms with Crippen molar-refractivity contribution in [1.29, 1.82) is 0 Å². The number of carbonyl (C=O) groups is 3. The Morgan fingerprint density at radius 2 is 0.793 bits per heavy atom. The van der Waals surface area contributed by atoms with Crippen LogP contribution in [0.2, 0.25) is 0 Å². The van der Waals surface area contributed by atoms with Gasteiger partial charge in [-0.2, -0.15) is 0 Å². The van der Waals surface area contributed by atoms with E-state index < -0.39 is 18.3 Å². The lowest BCUT2D eigenvalue weighted by molar-refractivity contribution is 0.198. The van der Waals surface area contributed by atoms with Gasteiger partial charge in [0.25, 0.3) is 0 Å². The summed E-state index contributed by atoms with van der Waals surface area (Å²) in [7, 11) is 0. The second-order valence-corrected chi connectivity index (χ2v) is 23.9. The predicted octanol–water partition coefficient (Wildman–Crippen LogP) is 16.1. The first-order valence-electron chi connectivity index (χ1n) is 31.1. The van der Waals surface area contributed by atoms with E-state index in [0.717, 1.165) is 168 Å². The molecule has 1 atom stereocenters. The van der Waals surface area contributed by atoms with Crippen molar-refractivity contribution in [2.45, 2.75) is 192 Å². The molecular weight excluding hydrogens is 1090 g/mol. The molecule has 3 amide bonds. The largest absolute Gasteiger partial charge is 0.412 e. The van der Waals surface area contributed by atoms with Crippen LogP contribution in [0.1, 0.15) is 217 Å². The fraction of sp³-hybridized carbons (Fsp3) is 0.417. The summed E-state index contributed by atoms with van der Waals surface area (Å²) < 4.78 is 18.9. The predicted molar refractivity (Wildman–Crippen MR) is 335 cm³/mol. The zero-order valence-corrected chi connectivity index (χ0v) is 50.4. The molecule has 0 aromatic heterocycles. The second kappa shape index (κ2) is 31.6. The molecule has 3 N–H and O–H groups in total. The zero-order valence-electron chi connectivity index (χ0n) is 50.4. The summed E-state index contributed by atoms with van der Waals surface area (Å²) in [5.74, 6) is 2.05. The highest BCUT2D eigenvalue weighted by molar-refractivity contribution is 5.73. The molecule has 0 heterocycles. The van der Waals surface area contributed by atoms with Gasteiger partial charge in [-0.25, -0.2) is 43.7 Å². The first-order valence-corrected chi connectivity index (χ1v) is 31.1. The summed E-state index contributed by atoms with van der Waals surface area (Å²) in [6.07, 6.45) is 19.6. The van der Waals surface area contributed by atoms with Gasteiger partial charge in [0.1, 0.15) is 17.2 Å². The molecule has 3 saturated carbocycles. The SMILES string of the molecule is Cc1cc(OC(=O)NCc2cccc(CN=C=O)c2)c(C2CCCCC2)cc1C(CC(C)c1ccc(OC(=O)NCc2cccc(CN=C=O)c2)c(C2CCCCC2)c1)c1cc(C2CCCCC2)c(OC(=O)NCc2cccc(CN=C=O)c2)cc1C. The Bertz CT molecular complexity index is 3370. The summed E-state index contributed by atoms with van der Waals surface area (Å²) in [5.41, 5.74) is 13.5. The number of aliphatic imine (C=N–C) groups is 3. The first-order chi connectivity index (χ1) is 42.4. The Kier molecular flexibility index (Phi) is 22.8. The lowest BCUT2D eigenvalue weighted by atomic mass is 9.74. The van der Waals surface area contributed by atoms with E-state index in [4.69, 9.17) is 14.2 Å². The van der Waals surface area contributed by atoms with Crippen molar-refractivity contribution in [3.8, 4) is 17.2 Å². The summed E-state index contributed by atoms with van der Waals surface area (Å²) in [4.78, 5) is 85.0. The molecule has 0 saturated heterocycles. The van der Waals surface area contributed by atoms with Crippen molar-refractivity contribution in [3.05, 3.63) is 193 Å². The molecule has 15 heteroatoms. The molecule has 87 heavy (non-hydrogen) atoms. The van der Waals surface area contributed by atoms with Crippen LogP contribution in [0.5, 0.6) is 17.2 Å². The number of isocyanates is 3. The molecule has 0 radical (unpaired) electrons. The van der Waals surface area contributed by atoms with Crippen molar-refractivity contribution in [2.75, 3.05) is 0 Å². The molecular formula is C72H80N6O9. The van der Waals surface area contributed by atoms with Gasteiger partial charge in [-0.05, 0) is 179 Å². The molecule has 0 bridgehead atoms. The van der Waals surface area contributed by atoms with Crippen LogP contribution in [0.4, 0.5) is 14.4 Å². The molecule has 3 fully saturated rings. The zero-order chi connectivity index (χ0) is 60.9. The summed E-state index contributed by atoms with van der Waals surface area (Å²) in [6.45, 7) is 7.82. The van der Waals surface area contributed by atoms with Gasteiger partial charge in [0.2, 0.25) is 18.2 Å². The third-order valence-electron chi connectivity index (χ3n) is 17.7.